The van der Waals surface area contributed by atoms with Gasteiger partial charge in [0.25, 0.3) is 0 Å². The molecule has 0 aliphatic heterocycles. The van der Waals surface area contributed by atoms with Gasteiger partial charge in [0.05, 0.1) is 18.1 Å². The number of benzene rings is 2. The third-order valence-corrected chi connectivity index (χ3v) is 4.71. The molecule has 0 fully saturated rings. The van der Waals surface area contributed by atoms with Gasteiger partial charge < -0.3 is 14.5 Å². The van der Waals surface area contributed by atoms with Crippen LogP contribution < -0.4 is 15.5 Å². The molecule has 27 heavy (non-hydrogen) atoms. The van der Waals surface area contributed by atoms with Crippen molar-refractivity contribution in [2.45, 2.75) is 33.2 Å². The van der Waals surface area contributed by atoms with Gasteiger partial charge in [0, 0.05) is 17.2 Å². The fourth-order valence-corrected chi connectivity index (χ4v) is 3.44. The van der Waals surface area contributed by atoms with Crippen molar-refractivity contribution in [1.29, 1.82) is 0 Å². The third-order valence-electron chi connectivity index (χ3n) is 4.71. The van der Waals surface area contributed by atoms with Gasteiger partial charge in [-0.3, -0.25) is 4.79 Å². The number of halogens is 1. The predicted octanol–water partition coefficient (Wildman–Crippen LogP) is 5.12. The molecule has 4 nitrogen and oxygen atoms in total. The molecule has 1 heterocycles. The molecule has 1 N–H and O–H groups in total. The van der Waals surface area contributed by atoms with Gasteiger partial charge in [-0.15, -0.1) is 12.4 Å². The lowest BCUT2D eigenvalue weighted by Gasteiger charge is -2.19. The van der Waals surface area contributed by atoms with Crippen LogP contribution >= 0.6 is 12.4 Å². The first kappa shape index (κ1) is 21.0. The summed E-state index contributed by atoms with van der Waals surface area (Å²) in [6, 6.07) is 13.4. The predicted molar refractivity (Wildman–Crippen MR) is 113 cm³/mol. The Kier molecular flexibility index (Phi) is 7.05. The summed E-state index contributed by atoms with van der Waals surface area (Å²) in [6.45, 7) is 6.89. The molecule has 0 bridgehead atoms. The highest BCUT2D eigenvalue weighted by Gasteiger charge is 2.22. The molecule has 1 unspecified atom stereocenters. The zero-order valence-corrected chi connectivity index (χ0v) is 17.0. The number of hydrogen-bond donors (Lipinski definition) is 1. The zero-order chi connectivity index (χ0) is 18.7. The Bertz CT molecular complexity index is 967. The average molecular weight is 388 g/mol. The van der Waals surface area contributed by atoms with Crippen molar-refractivity contribution < 1.29 is 9.15 Å². The molecule has 5 heteroatoms. The van der Waals surface area contributed by atoms with Gasteiger partial charge in [0.2, 0.25) is 0 Å². The molecule has 0 aliphatic carbocycles. The largest absolute Gasteiger partial charge is 0.496 e. The summed E-state index contributed by atoms with van der Waals surface area (Å²) in [5.41, 5.74) is 3.12. The van der Waals surface area contributed by atoms with Crippen molar-refractivity contribution in [3.63, 3.8) is 0 Å². The molecule has 3 aromatic rings. The van der Waals surface area contributed by atoms with Crippen LogP contribution in [0.1, 0.15) is 37.9 Å². The highest BCUT2D eigenvalue weighted by Crippen LogP contribution is 2.35. The second kappa shape index (κ2) is 9.07. The fourth-order valence-electron chi connectivity index (χ4n) is 3.44. The monoisotopic (exact) mass is 387 g/mol. The normalized spacial score (nSPS) is 11.9. The molecule has 0 spiro atoms. The number of hydrogen-bond acceptors (Lipinski definition) is 4. The van der Waals surface area contributed by atoms with Gasteiger partial charge in [-0.2, -0.15) is 0 Å². The summed E-state index contributed by atoms with van der Waals surface area (Å²) in [6.07, 6.45) is 0.618. The Balaban J connectivity index is 0.00000261. The third kappa shape index (κ3) is 3.87. The van der Waals surface area contributed by atoms with E-state index in [9.17, 15) is 4.79 Å². The SMILES string of the molecule is CCNC(C)c1c(OC)ccc2c(=O)c(CC)c(-c3ccccc3)oc12.Cl. The molecular formula is C22H26ClNO3. The van der Waals surface area contributed by atoms with Crippen LogP contribution in [0.2, 0.25) is 0 Å². The van der Waals surface area contributed by atoms with Gasteiger partial charge in [-0.25, -0.2) is 0 Å². The van der Waals surface area contributed by atoms with E-state index in [0.717, 1.165) is 23.4 Å². The van der Waals surface area contributed by atoms with E-state index in [1.165, 1.54) is 0 Å². The van der Waals surface area contributed by atoms with Crippen molar-refractivity contribution >= 4 is 23.4 Å². The number of nitrogens with one attached hydrogen (secondary N) is 1. The first-order valence-corrected chi connectivity index (χ1v) is 9.07. The first-order valence-electron chi connectivity index (χ1n) is 9.07. The zero-order valence-electron chi connectivity index (χ0n) is 16.2. The molecule has 0 aliphatic rings. The van der Waals surface area contributed by atoms with Crippen LogP contribution in [0.4, 0.5) is 0 Å². The van der Waals surface area contributed by atoms with Crippen molar-refractivity contribution in [2.24, 2.45) is 0 Å². The number of fused-ring (bicyclic) bond motifs is 1. The van der Waals surface area contributed by atoms with Crippen LogP contribution in [0, 0.1) is 0 Å². The minimum Gasteiger partial charge on any atom is -0.496 e. The van der Waals surface area contributed by atoms with Gasteiger partial charge in [-0.05, 0) is 32.0 Å². The van der Waals surface area contributed by atoms with Crippen LogP contribution in [0.25, 0.3) is 22.3 Å². The molecule has 1 aromatic heterocycles. The van der Waals surface area contributed by atoms with E-state index in [2.05, 4.69) is 19.2 Å². The second-order valence-corrected chi connectivity index (χ2v) is 6.30. The Morgan fingerprint density at radius 1 is 1.11 bits per heavy atom. The van der Waals surface area contributed by atoms with Crippen molar-refractivity contribution in [2.75, 3.05) is 13.7 Å². The lowest BCUT2D eigenvalue weighted by atomic mass is 9.99. The van der Waals surface area contributed by atoms with Gasteiger partial charge in [0.1, 0.15) is 17.1 Å². The first-order chi connectivity index (χ1) is 12.6. The average Bonchev–Trinajstić information content (AvgIpc) is 2.67. The van der Waals surface area contributed by atoms with Crippen molar-refractivity contribution in [3.05, 3.63) is 63.8 Å². The lowest BCUT2D eigenvalue weighted by Crippen LogP contribution is -2.20. The lowest BCUT2D eigenvalue weighted by molar-refractivity contribution is 0.401. The topological polar surface area (TPSA) is 51.5 Å². The van der Waals surface area contributed by atoms with Crippen LogP contribution in [0.15, 0.2) is 51.7 Å². The summed E-state index contributed by atoms with van der Waals surface area (Å²) in [5, 5.41) is 3.99. The van der Waals surface area contributed by atoms with Crippen LogP contribution in [-0.2, 0) is 6.42 Å². The standard InChI is InChI=1S/C22H25NO3.ClH/c1-5-16-20(24)17-12-13-18(25-4)19(14(3)23-6-2)22(17)26-21(16)15-10-8-7-9-11-15;/h7-14,23H,5-6H2,1-4H3;1H. The molecule has 3 rings (SSSR count). The maximum atomic E-state index is 13.2. The number of rotatable bonds is 6. The maximum Gasteiger partial charge on any atom is 0.196 e. The molecule has 144 valence electrons. The Morgan fingerprint density at radius 3 is 2.41 bits per heavy atom. The van der Waals surface area contributed by atoms with Gasteiger partial charge in [-0.1, -0.05) is 44.2 Å². The van der Waals surface area contributed by atoms with E-state index < -0.39 is 0 Å². The van der Waals surface area contributed by atoms with E-state index in [1.54, 1.807) is 13.2 Å². The molecule has 0 radical (unpaired) electrons. The number of methoxy groups -OCH3 is 1. The smallest absolute Gasteiger partial charge is 0.196 e. The quantitative estimate of drug-likeness (QED) is 0.637. The highest BCUT2D eigenvalue weighted by molar-refractivity contribution is 5.86. The van der Waals surface area contributed by atoms with E-state index in [4.69, 9.17) is 9.15 Å². The van der Waals surface area contributed by atoms with Crippen LogP contribution in [0.3, 0.4) is 0 Å². The minimum absolute atomic E-state index is 0. The number of ether oxygens (including phenoxy) is 1. The molecule has 0 saturated carbocycles. The van der Waals surface area contributed by atoms with Gasteiger partial charge >= 0.3 is 0 Å². The molecule has 1 atom stereocenters. The second-order valence-electron chi connectivity index (χ2n) is 6.30. The van der Waals surface area contributed by atoms with Crippen LogP contribution in [-0.4, -0.2) is 13.7 Å². The Hall–Kier alpha value is -2.30. The summed E-state index contributed by atoms with van der Waals surface area (Å²) in [5.74, 6) is 1.36. The molecule has 0 saturated heterocycles. The molecule has 2 aromatic carbocycles. The van der Waals surface area contributed by atoms with E-state index in [1.807, 2.05) is 43.3 Å². The maximum absolute atomic E-state index is 13.2. The summed E-state index contributed by atoms with van der Waals surface area (Å²) in [7, 11) is 1.64. The van der Waals surface area contributed by atoms with Crippen molar-refractivity contribution in [3.8, 4) is 17.1 Å². The van der Waals surface area contributed by atoms with E-state index in [0.29, 0.717) is 28.7 Å². The Morgan fingerprint density at radius 2 is 1.81 bits per heavy atom. The van der Waals surface area contributed by atoms with Crippen molar-refractivity contribution in [1.82, 2.24) is 5.32 Å². The summed E-state index contributed by atoms with van der Waals surface area (Å²) in [4.78, 5) is 13.2. The summed E-state index contributed by atoms with van der Waals surface area (Å²) >= 11 is 0. The molecular weight excluding hydrogens is 362 g/mol. The van der Waals surface area contributed by atoms with Crippen LogP contribution in [0.5, 0.6) is 5.75 Å². The molecule has 0 amide bonds. The Labute approximate surface area is 166 Å². The summed E-state index contributed by atoms with van der Waals surface area (Å²) < 4.78 is 11.9. The van der Waals surface area contributed by atoms with Gasteiger partial charge in [0.15, 0.2) is 5.43 Å². The minimum atomic E-state index is -0.00194. The van der Waals surface area contributed by atoms with E-state index >= 15 is 0 Å². The highest BCUT2D eigenvalue weighted by atomic mass is 35.5. The fraction of sp³-hybridized carbons (Fsp3) is 0.318. The van der Waals surface area contributed by atoms with E-state index in [-0.39, 0.29) is 23.9 Å².